The summed E-state index contributed by atoms with van der Waals surface area (Å²) < 4.78 is 16.3. The maximum atomic E-state index is 11.0. The summed E-state index contributed by atoms with van der Waals surface area (Å²) in [7, 11) is 3.07. The molecular formula is C17H26N2O5. The van der Waals surface area contributed by atoms with Gasteiger partial charge in [0.1, 0.15) is 0 Å². The van der Waals surface area contributed by atoms with E-state index in [2.05, 4.69) is 10.2 Å². The highest BCUT2D eigenvalue weighted by Crippen LogP contribution is 2.39. The maximum absolute atomic E-state index is 11.0. The summed E-state index contributed by atoms with van der Waals surface area (Å²) in [5.41, 5.74) is 1.04. The number of carboxylic acid groups (broad SMARTS) is 1. The fraction of sp³-hybridized carbons (Fsp3) is 0.588. The Balaban J connectivity index is 2.22. The van der Waals surface area contributed by atoms with Crippen LogP contribution in [0.25, 0.3) is 0 Å². The smallest absolute Gasteiger partial charge is 0.344 e. The van der Waals surface area contributed by atoms with E-state index in [4.69, 9.17) is 19.3 Å². The van der Waals surface area contributed by atoms with E-state index in [9.17, 15) is 4.79 Å². The Labute approximate surface area is 142 Å². The molecule has 1 aromatic carbocycles. The van der Waals surface area contributed by atoms with Gasteiger partial charge in [0, 0.05) is 19.6 Å². The van der Waals surface area contributed by atoms with Gasteiger partial charge >= 0.3 is 5.97 Å². The van der Waals surface area contributed by atoms with Crippen LogP contribution in [0.4, 0.5) is 0 Å². The molecule has 0 spiro atoms. The minimum atomic E-state index is -1.04. The Kier molecular flexibility index (Phi) is 6.69. The summed E-state index contributed by atoms with van der Waals surface area (Å²) in [5.74, 6) is 0.229. The first-order chi connectivity index (χ1) is 11.5. The lowest BCUT2D eigenvalue weighted by molar-refractivity contribution is -0.144. The molecule has 1 aliphatic heterocycles. The number of nitrogens with one attached hydrogen (secondary N) is 1. The molecule has 0 radical (unpaired) electrons. The second-order valence-corrected chi connectivity index (χ2v) is 5.81. The minimum absolute atomic E-state index is 0.316. The van der Waals surface area contributed by atoms with E-state index >= 15 is 0 Å². The van der Waals surface area contributed by atoms with Crippen molar-refractivity contribution in [2.45, 2.75) is 26.0 Å². The molecule has 2 N–H and O–H groups in total. The van der Waals surface area contributed by atoms with Crippen molar-refractivity contribution in [3.63, 3.8) is 0 Å². The Bertz CT molecular complexity index is 531. The second-order valence-electron chi connectivity index (χ2n) is 5.81. The number of methoxy groups -OCH3 is 2. The van der Waals surface area contributed by atoms with E-state index in [0.29, 0.717) is 17.2 Å². The predicted octanol–water partition coefficient (Wildman–Crippen LogP) is 1.35. The van der Waals surface area contributed by atoms with Crippen LogP contribution < -0.4 is 19.5 Å². The second kappa shape index (κ2) is 8.75. The molecule has 0 bridgehead atoms. The van der Waals surface area contributed by atoms with Gasteiger partial charge in [-0.15, -0.1) is 0 Å². The maximum Gasteiger partial charge on any atom is 0.344 e. The first kappa shape index (κ1) is 18.4. The average Bonchev–Trinajstić information content (AvgIpc) is 2.84. The molecule has 0 aliphatic carbocycles. The third-order valence-corrected chi connectivity index (χ3v) is 4.00. The standard InChI is InChI=1S/C17H26N2O5/c1-12(17(20)21)24-16-14(22-2)9-13(10-15(16)23-3)11-19-7-4-5-18-6-8-19/h9-10,12,18H,4-8,11H2,1-3H3,(H,20,21)/t12-/m1/s1. The van der Waals surface area contributed by atoms with Crippen molar-refractivity contribution in [1.29, 1.82) is 0 Å². The molecule has 1 heterocycles. The van der Waals surface area contributed by atoms with Crippen LogP contribution >= 0.6 is 0 Å². The number of rotatable bonds is 7. The lowest BCUT2D eigenvalue weighted by atomic mass is 10.1. The molecular weight excluding hydrogens is 312 g/mol. The topological polar surface area (TPSA) is 80.3 Å². The average molecular weight is 338 g/mol. The van der Waals surface area contributed by atoms with E-state index in [1.165, 1.54) is 21.1 Å². The lowest BCUT2D eigenvalue weighted by Gasteiger charge is -2.22. The lowest BCUT2D eigenvalue weighted by Crippen LogP contribution is -2.27. The van der Waals surface area contributed by atoms with Crippen molar-refractivity contribution in [1.82, 2.24) is 10.2 Å². The quantitative estimate of drug-likeness (QED) is 0.777. The fourth-order valence-electron chi connectivity index (χ4n) is 2.69. The largest absolute Gasteiger partial charge is 0.493 e. The Morgan fingerprint density at radius 1 is 1.25 bits per heavy atom. The molecule has 7 nitrogen and oxygen atoms in total. The molecule has 1 aromatic rings. The summed E-state index contributed by atoms with van der Waals surface area (Å²) in [6, 6.07) is 3.76. The van der Waals surface area contributed by atoms with Crippen LogP contribution in [0.1, 0.15) is 18.9 Å². The van der Waals surface area contributed by atoms with Gasteiger partial charge < -0.3 is 24.6 Å². The molecule has 2 rings (SSSR count). The van der Waals surface area contributed by atoms with Crippen LogP contribution in [0.5, 0.6) is 17.2 Å². The highest BCUT2D eigenvalue weighted by Gasteiger charge is 2.21. The summed E-state index contributed by atoms with van der Waals surface area (Å²) in [4.78, 5) is 13.4. The Hall–Kier alpha value is -1.99. The number of carbonyl (C=O) groups is 1. The molecule has 1 saturated heterocycles. The third kappa shape index (κ3) is 4.75. The van der Waals surface area contributed by atoms with Crippen LogP contribution in [0.3, 0.4) is 0 Å². The molecule has 0 unspecified atom stereocenters. The minimum Gasteiger partial charge on any atom is -0.493 e. The van der Waals surface area contributed by atoms with Crippen molar-refractivity contribution in [2.75, 3.05) is 40.4 Å². The predicted molar refractivity (Wildman–Crippen MR) is 90.0 cm³/mol. The number of hydrogen-bond donors (Lipinski definition) is 2. The Morgan fingerprint density at radius 2 is 1.92 bits per heavy atom. The molecule has 0 aromatic heterocycles. The number of benzene rings is 1. The zero-order chi connectivity index (χ0) is 17.5. The van der Waals surface area contributed by atoms with Crippen LogP contribution in [-0.2, 0) is 11.3 Å². The number of ether oxygens (including phenoxy) is 3. The molecule has 0 amide bonds. The van der Waals surface area contributed by atoms with Gasteiger partial charge in [-0.1, -0.05) is 0 Å². The summed E-state index contributed by atoms with van der Waals surface area (Å²) in [5, 5.41) is 12.4. The molecule has 0 saturated carbocycles. The van der Waals surface area contributed by atoms with E-state index < -0.39 is 12.1 Å². The van der Waals surface area contributed by atoms with Crippen LogP contribution in [0.2, 0.25) is 0 Å². The first-order valence-corrected chi connectivity index (χ1v) is 8.12. The van der Waals surface area contributed by atoms with Crippen LogP contribution in [0, 0.1) is 0 Å². The summed E-state index contributed by atoms with van der Waals surface area (Å²) in [6.07, 6.45) is 0.126. The molecule has 7 heteroatoms. The highest BCUT2D eigenvalue weighted by molar-refractivity contribution is 5.72. The van der Waals surface area contributed by atoms with Gasteiger partial charge in [-0.05, 0) is 44.1 Å². The third-order valence-electron chi connectivity index (χ3n) is 4.00. The van der Waals surface area contributed by atoms with E-state index in [0.717, 1.165) is 44.7 Å². The van der Waals surface area contributed by atoms with Gasteiger partial charge in [-0.3, -0.25) is 4.90 Å². The molecule has 1 aliphatic rings. The van der Waals surface area contributed by atoms with Crippen molar-refractivity contribution >= 4 is 5.97 Å². The first-order valence-electron chi connectivity index (χ1n) is 8.12. The summed E-state index contributed by atoms with van der Waals surface area (Å²) >= 11 is 0. The highest BCUT2D eigenvalue weighted by atomic mass is 16.6. The summed E-state index contributed by atoms with van der Waals surface area (Å²) in [6.45, 7) is 6.29. The fourth-order valence-corrected chi connectivity index (χ4v) is 2.69. The number of hydrogen-bond acceptors (Lipinski definition) is 6. The number of carboxylic acids is 1. The van der Waals surface area contributed by atoms with Gasteiger partial charge in [0.2, 0.25) is 5.75 Å². The SMILES string of the molecule is COc1cc(CN2CCCNCC2)cc(OC)c1O[C@H](C)C(=O)O. The van der Waals surface area contributed by atoms with Crippen molar-refractivity contribution in [3.8, 4) is 17.2 Å². The van der Waals surface area contributed by atoms with Gasteiger partial charge in [0.15, 0.2) is 17.6 Å². The van der Waals surface area contributed by atoms with Gasteiger partial charge in [0.25, 0.3) is 0 Å². The zero-order valence-electron chi connectivity index (χ0n) is 14.5. The molecule has 1 atom stereocenters. The molecule has 134 valence electrons. The van der Waals surface area contributed by atoms with Gasteiger partial charge in [-0.2, -0.15) is 0 Å². The molecule has 1 fully saturated rings. The van der Waals surface area contributed by atoms with Crippen LogP contribution in [-0.4, -0.2) is 62.5 Å². The van der Waals surface area contributed by atoms with Crippen molar-refractivity contribution in [3.05, 3.63) is 17.7 Å². The normalized spacial score (nSPS) is 17.0. The van der Waals surface area contributed by atoms with Gasteiger partial charge in [0.05, 0.1) is 14.2 Å². The number of nitrogens with zero attached hydrogens (tertiary/aromatic N) is 1. The van der Waals surface area contributed by atoms with Crippen molar-refractivity contribution < 1.29 is 24.1 Å². The van der Waals surface area contributed by atoms with Crippen molar-refractivity contribution in [2.24, 2.45) is 0 Å². The molecule has 24 heavy (non-hydrogen) atoms. The van der Waals surface area contributed by atoms with Gasteiger partial charge in [-0.25, -0.2) is 4.79 Å². The Morgan fingerprint density at radius 3 is 2.50 bits per heavy atom. The van der Waals surface area contributed by atoms with E-state index in [-0.39, 0.29) is 0 Å². The van der Waals surface area contributed by atoms with Crippen LogP contribution in [0.15, 0.2) is 12.1 Å². The monoisotopic (exact) mass is 338 g/mol. The van der Waals surface area contributed by atoms with E-state index in [1.807, 2.05) is 12.1 Å². The van der Waals surface area contributed by atoms with E-state index in [1.54, 1.807) is 0 Å². The number of aliphatic carboxylic acids is 1. The zero-order valence-corrected chi connectivity index (χ0v) is 14.5.